The molecule has 118 valence electrons. The standard InChI is InChI=1S/C15H14N4O3S/c1-21-14-8-11(22-19-14)2-3-13(20)18-15-17-12(9-23-15)10-4-6-16-7-5-10/h4-9H,2-3H2,1H3,(H,17,18,20). The van der Waals surface area contributed by atoms with Crippen molar-refractivity contribution in [3.63, 3.8) is 0 Å². The number of aryl methyl sites for hydroxylation is 1. The van der Waals surface area contributed by atoms with Gasteiger partial charge in [0, 0.05) is 42.2 Å². The minimum absolute atomic E-state index is 0.129. The summed E-state index contributed by atoms with van der Waals surface area (Å²) in [5.41, 5.74) is 1.78. The summed E-state index contributed by atoms with van der Waals surface area (Å²) in [6.07, 6.45) is 4.14. The number of anilines is 1. The first kappa shape index (κ1) is 15.2. The first-order chi connectivity index (χ1) is 11.2. The third-order valence-electron chi connectivity index (χ3n) is 3.07. The van der Waals surface area contributed by atoms with Crippen molar-refractivity contribution in [1.82, 2.24) is 15.1 Å². The molecule has 3 rings (SSSR count). The zero-order chi connectivity index (χ0) is 16.1. The molecule has 0 saturated carbocycles. The predicted molar refractivity (Wildman–Crippen MR) is 85.4 cm³/mol. The van der Waals surface area contributed by atoms with Crippen LogP contribution in [-0.4, -0.2) is 28.1 Å². The molecule has 0 aliphatic carbocycles. The lowest BCUT2D eigenvalue weighted by molar-refractivity contribution is -0.116. The molecule has 0 bridgehead atoms. The van der Waals surface area contributed by atoms with Crippen molar-refractivity contribution in [2.75, 3.05) is 12.4 Å². The van der Waals surface area contributed by atoms with E-state index in [9.17, 15) is 4.79 Å². The van der Waals surface area contributed by atoms with Crippen LogP contribution >= 0.6 is 11.3 Å². The van der Waals surface area contributed by atoms with Gasteiger partial charge in [-0.15, -0.1) is 11.3 Å². The molecule has 1 N–H and O–H groups in total. The fraction of sp³-hybridized carbons (Fsp3) is 0.200. The average molecular weight is 330 g/mol. The topological polar surface area (TPSA) is 90.1 Å². The number of hydrogen-bond acceptors (Lipinski definition) is 7. The van der Waals surface area contributed by atoms with Gasteiger partial charge in [-0.25, -0.2) is 4.98 Å². The number of ether oxygens (including phenoxy) is 1. The van der Waals surface area contributed by atoms with Crippen molar-refractivity contribution in [2.24, 2.45) is 0 Å². The number of hydrogen-bond donors (Lipinski definition) is 1. The summed E-state index contributed by atoms with van der Waals surface area (Å²) < 4.78 is 9.97. The molecule has 8 heteroatoms. The van der Waals surface area contributed by atoms with Gasteiger partial charge in [0.1, 0.15) is 5.76 Å². The first-order valence-corrected chi connectivity index (χ1v) is 7.78. The number of carbonyl (C=O) groups is 1. The maximum Gasteiger partial charge on any atom is 0.254 e. The van der Waals surface area contributed by atoms with Crippen molar-refractivity contribution >= 4 is 22.4 Å². The number of pyridine rings is 1. The van der Waals surface area contributed by atoms with Crippen LogP contribution in [-0.2, 0) is 11.2 Å². The van der Waals surface area contributed by atoms with Gasteiger partial charge in [0.05, 0.1) is 12.8 Å². The SMILES string of the molecule is COc1cc(CCC(=O)Nc2nc(-c3ccncc3)cs2)on1. The number of thiazole rings is 1. The van der Waals surface area contributed by atoms with Crippen LogP contribution < -0.4 is 10.1 Å². The molecule has 0 saturated heterocycles. The van der Waals surface area contributed by atoms with E-state index in [1.54, 1.807) is 18.5 Å². The Morgan fingerprint density at radius 2 is 2.22 bits per heavy atom. The van der Waals surface area contributed by atoms with E-state index >= 15 is 0 Å². The van der Waals surface area contributed by atoms with Crippen LogP contribution in [0.1, 0.15) is 12.2 Å². The smallest absolute Gasteiger partial charge is 0.254 e. The number of amides is 1. The number of carbonyl (C=O) groups excluding carboxylic acids is 1. The summed E-state index contributed by atoms with van der Waals surface area (Å²) in [6.45, 7) is 0. The quantitative estimate of drug-likeness (QED) is 0.747. The maximum absolute atomic E-state index is 12.0. The summed E-state index contributed by atoms with van der Waals surface area (Å²) in [5, 5.41) is 8.93. The Hall–Kier alpha value is -2.74. The van der Waals surface area contributed by atoms with Crippen LogP contribution in [0.4, 0.5) is 5.13 Å². The Balaban J connectivity index is 1.55. The minimum atomic E-state index is -0.129. The van der Waals surface area contributed by atoms with Gasteiger partial charge in [0.2, 0.25) is 5.91 Å². The molecular weight excluding hydrogens is 316 g/mol. The predicted octanol–water partition coefficient (Wildman–Crippen LogP) is 2.77. The monoisotopic (exact) mass is 330 g/mol. The fourth-order valence-corrected chi connectivity index (χ4v) is 2.65. The third kappa shape index (κ3) is 3.92. The molecule has 0 aliphatic heterocycles. The number of rotatable bonds is 6. The molecule has 3 heterocycles. The molecular formula is C15H14N4O3S. The molecule has 1 amide bonds. The highest BCUT2D eigenvalue weighted by molar-refractivity contribution is 7.14. The summed E-state index contributed by atoms with van der Waals surface area (Å²) in [5.74, 6) is 0.881. The maximum atomic E-state index is 12.0. The molecule has 7 nitrogen and oxygen atoms in total. The molecule has 0 radical (unpaired) electrons. The Morgan fingerprint density at radius 3 is 2.96 bits per heavy atom. The van der Waals surface area contributed by atoms with Gasteiger partial charge in [-0.05, 0) is 17.3 Å². The fourth-order valence-electron chi connectivity index (χ4n) is 1.91. The summed E-state index contributed by atoms with van der Waals surface area (Å²) in [7, 11) is 1.51. The molecule has 0 unspecified atom stereocenters. The van der Waals surface area contributed by atoms with E-state index in [-0.39, 0.29) is 12.3 Å². The molecule has 3 aromatic rings. The van der Waals surface area contributed by atoms with Crippen LogP contribution in [0.5, 0.6) is 5.88 Å². The van der Waals surface area contributed by atoms with Crippen molar-refractivity contribution in [3.05, 3.63) is 41.7 Å². The van der Waals surface area contributed by atoms with Gasteiger partial charge >= 0.3 is 0 Å². The van der Waals surface area contributed by atoms with Gasteiger partial charge in [0.15, 0.2) is 5.13 Å². The molecule has 0 spiro atoms. The largest absolute Gasteiger partial charge is 0.479 e. The lowest BCUT2D eigenvalue weighted by Crippen LogP contribution is -2.11. The van der Waals surface area contributed by atoms with Gasteiger partial charge in [-0.2, -0.15) is 0 Å². The first-order valence-electron chi connectivity index (χ1n) is 6.90. The Labute approximate surface area is 136 Å². The van der Waals surface area contributed by atoms with Crippen molar-refractivity contribution in [1.29, 1.82) is 0 Å². The van der Waals surface area contributed by atoms with Crippen LogP contribution in [0.25, 0.3) is 11.3 Å². The highest BCUT2D eigenvalue weighted by Crippen LogP contribution is 2.24. The zero-order valence-corrected chi connectivity index (χ0v) is 13.2. The number of aromatic nitrogens is 3. The van der Waals surface area contributed by atoms with Crippen molar-refractivity contribution in [2.45, 2.75) is 12.8 Å². The van der Waals surface area contributed by atoms with E-state index in [1.807, 2.05) is 17.5 Å². The molecule has 23 heavy (non-hydrogen) atoms. The van der Waals surface area contributed by atoms with E-state index in [4.69, 9.17) is 9.26 Å². The van der Waals surface area contributed by atoms with E-state index < -0.39 is 0 Å². The Kier molecular flexibility index (Phi) is 4.62. The minimum Gasteiger partial charge on any atom is -0.479 e. The summed E-state index contributed by atoms with van der Waals surface area (Å²) >= 11 is 1.38. The Bertz CT molecular complexity index is 785. The Morgan fingerprint density at radius 1 is 1.39 bits per heavy atom. The number of methoxy groups -OCH3 is 1. The van der Waals surface area contributed by atoms with Crippen LogP contribution in [0, 0.1) is 0 Å². The normalized spacial score (nSPS) is 10.5. The second kappa shape index (κ2) is 7.01. The van der Waals surface area contributed by atoms with Crippen LogP contribution in [0.15, 0.2) is 40.5 Å². The van der Waals surface area contributed by atoms with Gasteiger partial charge in [0.25, 0.3) is 5.88 Å². The average Bonchev–Trinajstić information content (AvgIpc) is 3.23. The highest BCUT2D eigenvalue weighted by atomic mass is 32.1. The van der Waals surface area contributed by atoms with Gasteiger partial charge in [-0.1, -0.05) is 0 Å². The van der Waals surface area contributed by atoms with Gasteiger partial charge in [-0.3, -0.25) is 9.78 Å². The lowest BCUT2D eigenvalue weighted by Gasteiger charge is -1.99. The second-order valence-electron chi connectivity index (χ2n) is 4.66. The number of nitrogens with one attached hydrogen (secondary N) is 1. The molecule has 0 fully saturated rings. The number of nitrogens with zero attached hydrogens (tertiary/aromatic N) is 3. The molecule has 0 atom stereocenters. The van der Waals surface area contributed by atoms with Crippen molar-refractivity contribution < 1.29 is 14.1 Å². The highest BCUT2D eigenvalue weighted by Gasteiger charge is 2.10. The van der Waals surface area contributed by atoms with Crippen LogP contribution in [0.2, 0.25) is 0 Å². The zero-order valence-electron chi connectivity index (χ0n) is 12.4. The third-order valence-corrected chi connectivity index (χ3v) is 3.83. The van der Waals surface area contributed by atoms with E-state index in [0.29, 0.717) is 23.2 Å². The molecule has 3 aromatic heterocycles. The lowest BCUT2D eigenvalue weighted by atomic mass is 10.2. The van der Waals surface area contributed by atoms with Crippen LogP contribution in [0.3, 0.4) is 0 Å². The molecule has 0 aromatic carbocycles. The van der Waals surface area contributed by atoms with E-state index in [0.717, 1.165) is 11.3 Å². The summed E-state index contributed by atoms with van der Waals surface area (Å²) in [4.78, 5) is 20.3. The van der Waals surface area contributed by atoms with Crippen molar-refractivity contribution in [3.8, 4) is 17.1 Å². The second-order valence-corrected chi connectivity index (χ2v) is 5.52. The van der Waals surface area contributed by atoms with Gasteiger partial charge < -0.3 is 14.6 Å². The van der Waals surface area contributed by atoms with E-state index in [2.05, 4.69) is 20.4 Å². The molecule has 0 aliphatic rings. The summed E-state index contributed by atoms with van der Waals surface area (Å²) in [6, 6.07) is 5.41. The van der Waals surface area contributed by atoms with E-state index in [1.165, 1.54) is 18.4 Å².